The van der Waals surface area contributed by atoms with Crippen LogP contribution in [0.5, 0.6) is 0 Å². The molecule has 162 valence electrons. The second kappa shape index (κ2) is 9.07. The summed E-state index contributed by atoms with van der Waals surface area (Å²) in [5.74, 6) is -1.93. The number of carbonyl (C=O) groups excluding carboxylic acids is 1. The van der Waals surface area contributed by atoms with E-state index in [1.165, 1.54) is 24.3 Å². The van der Waals surface area contributed by atoms with Crippen molar-refractivity contribution in [2.75, 3.05) is 5.32 Å². The molecule has 2 amide bonds. The number of carbonyl (C=O) groups is 1. The summed E-state index contributed by atoms with van der Waals surface area (Å²) in [7, 11) is 0. The van der Waals surface area contributed by atoms with Crippen molar-refractivity contribution >= 4 is 11.7 Å². The van der Waals surface area contributed by atoms with Gasteiger partial charge >= 0.3 is 12.2 Å². The molecule has 0 unspecified atom stereocenters. The lowest BCUT2D eigenvalue weighted by Crippen LogP contribution is -2.35. The smallest absolute Gasteiger partial charge is 0.325 e. The van der Waals surface area contributed by atoms with Crippen molar-refractivity contribution in [1.29, 1.82) is 0 Å². The molecule has 4 nitrogen and oxygen atoms in total. The second-order valence-corrected chi connectivity index (χ2v) is 6.46. The van der Waals surface area contributed by atoms with E-state index in [1.807, 2.05) is 0 Å². The van der Waals surface area contributed by atoms with Gasteiger partial charge in [0.25, 0.3) is 0 Å². The highest BCUT2D eigenvalue weighted by Gasteiger charge is 2.37. The van der Waals surface area contributed by atoms with Gasteiger partial charge in [0.05, 0.1) is 23.0 Å². The fourth-order valence-corrected chi connectivity index (χ4v) is 2.88. The number of pyridine rings is 1. The topological polar surface area (TPSA) is 54.0 Å². The van der Waals surface area contributed by atoms with Crippen molar-refractivity contribution < 1.29 is 31.1 Å². The molecule has 0 saturated heterocycles. The zero-order chi connectivity index (χ0) is 22.6. The molecule has 0 fully saturated rings. The zero-order valence-corrected chi connectivity index (χ0v) is 15.7. The fourth-order valence-electron chi connectivity index (χ4n) is 2.88. The highest BCUT2D eigenvalue weighted by atomic mass is 19.4. The largest absolute Gasteiger partial charge is 0.418 e. The SMILES string of the molecule is O=C(Nc1ccc(F)cc1F)N[C@@H](c1ccc(CF)cc1)c1ncccc1C(F)(F)F. The Morgan fingerprint density at radius 2 is 1.74 bits per heavy atom. The van der Waals surface area contributed by atoms with Gasteiger partial charge in [-0.2, -0.15) is 13.2 Å². The number of aromatic nitrogens is 1. The van der Waals surface area contributed by atoms with E-state index in [9.17, 15) is 31.1 Å². The van der Waals surface area contributed by atoms with Crippen molar-refractivity contribution in [3.63, 3.8) is 0 Å². The molecular formula is C21H15F6N3O. The van der Waals surface area contributed by atoms with Crippen LogP contribution in [0.2, 0.25) is 0 Å². The Morgan fingerprint density at radius 1 is 1.03 bits per heavy atom. The Bertz CT molecular complexity index is 1070. The summed E-state index contributed by atoms with van der Waals surface area (Å²) in [6.07, 6.45) is -3.63. The quantitative estimate of drug-likeness (QED) is 0.497. The van der Waals surface area contributed by atoms with Gasteiger partial charge in [0, 0.05) is 12.3 Å². The first-order chi connectivity index (χ1) is 14.7. The van der Waals surface area contributed by atoms with Crippen molar-refractivity contribution in [1.82, 2.24) is 10.3 Å². The minimum Gasteiger partial charge on any atom is -0.325 e. The summed E-state index contributed by atoms with van der Waals surface area (Å²) in [5, 5.41) is 4.45. The number of amides is 2. The van der Waals surface area contributed by atoms with Gasteiger partial charge in [-0.3, -0.25) is 4.98 Å². The number of alkyl halides is 4. The van der Waals surface area contributed by atoms with E-state index in [4.69, 9.17) is 0 Å². The van der Waals surface area contributed by atoms with E-state index >= 15 is 0 Å². The first kappa shape index (κ1) is 22.1. The Kier molecular flexibility index (Phi) is 6.47. The Morgan fingerprint density at radius 3 is 2.35 bits per heavy atom. The second-order valence-electron chi connectivity index (χ2n) is 6.46. The molecule has 0 spiro atoms. The third kappa shape index (κ3) is 5.33. The highest BCUT2D eigenvalue weighted by molar-refractivity contribution is 5.89. The van der Waals surface area contributed by atoms with E-state index in [2.05, 4.69) is 15.6 Å². The van der Waals surface area contributed by atoms with Crippen molar-refractivity contribution in [2.45, 2.75) is 18.9 Å². The maximum Gasteiger partial charge on any atom is 0.418 e. The Hall–Kier alpha value is -3.56. The maximum atomic E-state index is 13.8. The van der Waals surface area contributed by atoms with E-state index < -0.39 is 47.8 Å². The first-order valence-electron chi connectivity index (χ1n) is 8.88. The van der Waals surface area contributed by atoms with Gasteiger partial charge in [0.1, 0.15) is 18.3 Å². The molecule has 2 aromatic carbocycles. The molecule has 1 aromatic heterocycles. The number of nitrogens with zero attached hydrogens (tertiary/aromatic N) is 1. The summed E-state index contributed by atoms with van der Waals surface area (Å²) in [4.78, 5) is 16.2. The highest BCUT2D eigenvalue weighted by Crippen LogP contribution is 2.35. The third-order valence-corrected chi connectivity index (χ3v) is 4.34. The molecule has 0 aliphatic heterocycles. The van der Waals surface area contributed by atoms with Crippen LogP contribution in [-0.4, -0.2) is 11.0 Å². The van der Waals surface area contributed by atoms with Crippen LogP contribution >= 0.6 is 0 Å². The number of anilines is 1. The van der Waals surface area contributed by atoms with Crippen LogP contribution in [0.25, 0.3) is 0 Å². The molecule has 0 bridgehead atoms. The van der Waals surface area contributed by atoms with Gasteiger partial charge in [-0.15, -0.1) is 0 Å². The average molecular weight is 439 g/mol. The normalized spacial score (nSPS) is 12.3. The standard InChI is InChI=1S/C21H15F6N3O/c22-11-12-3-5-13(6-4-12)18(19-15(21(25,26)27)2-1-9-28-19)30-20(31)29-17-8-7-14(23)10-16(17)24/h1-10,18H,11H2,(H2,29,30,31)/t18-/m0/s1. The maximum absolute atomic E-state index is 13.8. The average Bonchev–Trinajstić information content (AvgIpc) is 2.73. The van der Waals surface area contributed by atoms with Crippen LogP contribution in [0.15, 0.2) is 60.8 Å². The lowest BCUT2D eigenvalue weighted by atomic mass is 9.98. The zero-order valence-electron chi connectivity index (χ0n) is 15.7. The van der Waals surface area contributed by atoms with E-state index in [0.717, 1.165) is 30.5 Å². The number of benzene rings is 2. The summed E-state index contributed by atoms with van der Waals surface area (Å²) >= 11 is 0. The van der Waals surface area contributed by atoms with Gasteiger partial charge in [-0.25, -0.2) is 18.0 Å². The summed E-state index contributed by atoms with van der Waals surface area (Å²) in [5.41, 5.74) is -1.48. The molecule has 1 heterocycles. The number of rotatable bonds is 5. The predicted octanol–water partition coefficient (Wildman–Crippen LogP) is 5.76. The van der Waals surface area contributed by atoms with Crippen molar-refractivity contribution in [3.05, 3.63) is 94.8 Å². The van der Waals surface area contributed by atoms with Gasteiger partial charge in [-0.05, 0) is 35.4 Å². The number of hydrogen-bond donors (Lipinski definition) is 2. The molecule has 3 aromatic rings. The molecule has 3 rings (SSSR count). The van der Waals surface area contributed by atoms with Crippen LogP contribution < -0.4 is 10.6 Å². The summed E-state index contributed by atoms with van der Waals surface area (Å²) in [6.45, 7) is -0.778. The molecular weight excluding hydrogens is 424 g/mol. The third-order valence-electron chi connectivity index (χ3n) is 4.34. The summed E-state index contributed by atoms with van der Waals surface area (Å²) in [6, 6.07) is 7.32. The molecule has 1 atom stereocenters. The van der Waals surface area contributed by atoms with Crippen LogP contribution in [0.4, 0.5) is 36.8 Å². The molecule has 0 aliphatic carbocycles. The molecule has 31 heavy (non-hydrogen) atoms. The molecule has 0 aliphatic rings. The lowest BCUT2D eigenvalue weighted by molar-refractivity contribution is -0.138. The van der Waals surface area contributed by atoms with E-state index in [1.54, 1.807) is 0 Å². The first-order valence-corrected chi connectivity index (χ1v) is 8.88. The van der Waals surface area contributed by atoms with Crippen LogP contribution in [0, 0.1) is 11.6 Å². The van der Waals surface area contributed by atoms with Gasteiger partial charge < -0.3 is 10.6 Å². The number of halogens is 6. The monoisotopic (exact) mass is 439 g/mol. The minimum absolute atomic E-state index is 0.191. The minimum atomic E-state index is -4.76. The van der Waals surface area contributed by atoms with E-state index in [0.29, 0.717) is 6.07 Å². The summed E-state index contributed by atoms with van der Waals surface area (Å²) < 4.78 is 80.2. The lowest BCUT2D eigenvalue weighted by Gasteiger charge is -2.23. The number of hydrogen-bond acceptors (Lipinski definition) is 2. The molecule has 0 saturated carbocycles. The molecule has 2 N–H and O–H groups in total. The van der Waals surface area contributed by atoms with Gasteiger partial charge in [-0.1, -0.05) is 24.3 Å². The van der Waals surface area contributed by atoms with Gasteiger partial charge in [0.2, 0.25) is 0 Å². The molecule has 10 heteroatoms. The predicted molar refractivity (Wildman–Crippen MR) is 101 cm³/mol. The van der Waals surface area contributed by atoms with Crippen molar-refractivity contribution in [3.8, 4) is 0 Å². The Balaban J connectivity index is 1.97. The number of urea groups is 1. The van der Waals surface area contributed by atoms with Gasteiger partial charge in [0.15, 0.2) is 0 Å². The Labute approximate surface area is 172 Å². The van der Waals surface area contributed by atoms with Crippen LogP contribution in [0.1, 0.15) is 28.4 Å². The van der Waals surface area contributed by atoms with Crippen LogP contribution in [0.3, 0.4) is 0 Å². The molecule has 0 radical (unpaired) electrons. The van der Waals surface area contributed by atoms with Crippen LogP contribution in [-0.2, 0) is 12.9 Å². The van der Waals surface area contributed by atoms with Crippen molar-refractivity contribution in [2.24, 2.45) is 0 Å². The van der Waals surface area contributed by atoms with E-state index in [-0.39, 0.29) is 16.8 Å². The fraction of sp³-hybridized carbons (Fsp3) is 0.143. The number of nitrogens with one attached hydrogen (secondary N) is 2.